The maximum absolute atomic E-state index is 5.63. The number of hydrogen-bond acceptors (Lipinski definition) is 3. The molecule has 0 bridgehead atoms. The van der Waals surface area contributed by atoms with Crippen LogP contribution in [-0.4, -0.2) is 16.4 Å². The maximum Gasteiger partial charge on any atom is 0.121 e. The quantitative estimate of drug-likeness (QED) is 0.797. The van der Waals surface area contributed by atoms with Crippen LogP contribution in [0.4, 0.5) is 5.69 Å². The molecule has 4 heteroatoms. The highest BCUT2D eigenvalue weighted by atomic mass is 16.5. The van der Waals surface area contributed by atoms with Gasteiger partial charge in [0.05, 0.1) is 12.8 Å². The van der Waals surface area contributed by atoms with Gasteiger partial charge in [0.25, 0.3) is 0 Å². The van der Waals surface area contributed by atoms with Crippen LogP contribution in [0.25, 0.3) is 0 Å². The lowest BCUT2D eigenvalue weighted by Crippen LogP contribution is -2.00. The van der Waals surface area contributed by atoms with E-state index in [1.807, 2.05) is 29.1 Å². The summed E-state index contributed by atoms with van der Waals surface area (Å²) < 4.78 is 7.61. The summed E-state index contributed by atoms with van der Waals surface area (Å²) in [7, 11) is 0. The summed E-state index contributed by atoms with van der Waals surface area (Å²) in [5.41, 5.74) is 2.26. The summed E-state index contributed by atoms with van der Waals surface area (Å²) in [6, 6.07) is 8.08. The molecule has 4 nitrogen and oxygen atoms in total. The Balaban J connectivity index is 1.89. The van der Waals surface area contributed by atoms with Gasteiger partial charge in [-0.25, -0.2) is 0 Å². The lowest BCUT2D eigenvalue weighted by molar-refractivity contribution is 0.317. The molecule has 0 saturated heterocycles. The fourth-order valence-corrected chi connectivity index (χ4v) is 1.97. The van der Waals surface area contributed by atoms with Gasteiger partial charge in [0.2, 0.25) is 0 Å². The highest BCUT2D eigenvalue weighted by molar-refractivity contribution is 5.48. The molecule has 1 N–H and O–H groups in total. The van der Waals surface area contributed by atoms with E-state index in [2.05, 4.69) is 36.5 Å². The van der Waals surface area contributed by atoms with E-state index in [1.54, 1.807) is 0 Å². The van der Waals surface area contributed by atoms with Gasteiger partial charge in [-0.3, -0.25) is 4.68 Å². The zero-order chi connectivity index (χ0) is 14.2. The van der Waals surface area contributed by atoms with Crippen molar-refractivity contribution in [2.45, 2.75) is 39.8 Å². The van der Waals surface area contributed by atoms with Crippen molar-refractivity contribution in [1.82, 2.24) is 9.78 Å². The minimum Gasteiger partial charge on any atom is -0.494 e. The van der Waals surface area contributed by atoms with Crippen molar-refractivity contribution in [2.75, 3.05) is 11.9 Å². The van der Waals surface area contributed by atoms with Gasteiger partial charge in [-0.1, -0.05) is 19.9 Å². The molecule has 0 amide bonds. The van der Waals surface area contributed by atoms with E-state index >= 15 is 0 Å². The number of hydrogen-bond donors (Lipinski definition) is 1. The first-order valence-corrected chi connectivity index (χ1v) is 7.30. The SMILES string of the molecule is CCCOc1cccc(NCc2cnn(CCC)c2)c1. The van der Waals surface area contributed by atoms with E-state index in [0.29, 0.717) is 0 Å². The van der Waals surface area contributed by atoms with Gasteiger partial charge in [-0.2, -0.15) is 5.10 Å². The number of aryl methyl sites for hydroxylation is 1. The fraction of sp³-hybridized carbons (Fsp3) is 0.438. The predicted molar refractivity (Wildman–Crippen MR) is 82.1 cm³/mol. The lowest BCUT2D eigenvalue weighted by atomic mass is 10.3. The van der Waals surface area contributed by atoms with Crippen molar-refractivity contribution in [3.05, 3.63) is 42.2 Å². The minimum absolute atomic E-state index is 0.757. The summed E-state index contributed by atoms with van der Waals surface area (Å²) in [6.45, 7) is 6.77. The van der Waals surface area contributed by atoms with Crippen molar-refractivity contribution >= 4 is 5.69 Å². The lowest BCUT2D eigenvalue weighted by Gasteiger charge is -2.08. The number of ether oxygens (including phenoxy) is 1. The molecule has 0 atom stereocenters. The number of nitrogens with zero attached hydrogens (tertiary/aromatic N) is 2. The molecule has 2 rings (SSSR count). The summed E-state index contributed by atoms with van der Waals surface area (Å²) in [5, 5.41) is 7.73. The standard InChI is InChI=1S/C16H23N3O/c1-3-8-19-13-14(12-18-19)11-17-15-6-5-7-16(10-15)20-9-4-2/h5-7,10,12-13,17H,3-4,8-9,11H2,1-2H3. The monoisotopic (exact) mass is 273 g/mol. The molecule has 2 aromatic rings. The van der Waals surface area contributed by atoms with Crippen LogP contribution < -0.4 is 10.1 Å². The summed E-state index contributed by atoms with van der Waals surface area (Å²) in [4.78, 5) is 0. The number of aromatic nitrogens is 2. The topological polar surface area (TPSA) is 39.1 Å². The van der Waals surface area contributed by atoms with Gasteiger partial charge < -0.3 is 10.1 Å². The molecule has 0 aliphatic carbocycles. The molecule has 0 radical (unpaired) electrons. The molecule has 20 heavy (non-hydrogen) atoms. The molecule has 0 aliphatic heterocycles. The Morgan fingerprint density at radius 3 is 2.95 bits per heavy atom. The van der Waals surface area contributed by atoms with Crippen LogP contribution in [0.3, 0.4) is 0 Å². The van der Waals surface area contributed by atoms with Crippen molar-refractivity contribution in [3.63, 3.8) is 0 Å². The van der Waals surface area contributed by atoms with Crippen LogP contribution in [0.15, 0.2) is 36.7 Å². The third kappa shape index (κ3) is 4.30. The number of benzene rings is 1. The molecule has 1 aromatic heterocycles. The van der Waals surface area contributed by atoms with Crippen molar-refractivity contribution in [2.24, 2.45) is 0 Å². The second kappa shape index (κ2) is 7.58. The first-order chi connectivity index (χ1) is 9.81. The Hall–Kier alpha value is -1.97. The van der Waals surface area contributed by atoms with Crippen molar-refractivity contribution in [1.29, 1.82) is 0 Å². The molecule has 0 saturated carbocycles. The third-order valence-electron chi connectivity index (χ3n) is 2.94. The van der Waals surface area contributed by atoms with Crippen molar-refractivity contribution < 1.29 is 4.74 Å². The van der Waals surface area contributed by atoms with E-state index in [0.717, 1.165) is 44.0 Å². The second-order valence-electron chi connectivity index (χ2n) is 4.84. The van der Waals surface area contributed by atoms with Gasteiger partial charge >= 0.3 is 0 Å². The van der Waals surface area contributed by atoms with Gasteiger partial charge in [-0.15, -0.1) is 0 Å². The van der Waals surface area contributed by atoms with E-state index in [1.165, 1.54) is 5.56 Å². The average molecular weight is 273 g/mol. The molecule has 1 heterocycles. The molecule has 0 aliphatic rings. The molecule has 1 aromatic carbocycles. The van der Waals surface area contributed by atoms with Crippen LogP contribution in [0, 0.1) is 0 Å². The molecule has 0 unspecified atom stereocenters. The zero-order valence-electron chi connectivity index (χ0n) is 12.3. The van der Waals surface area contributed by atoms with E-state index < -0.39 is 0 Å². The zero-order valence-corrected chi connectivity index (χ0v) is 12.3. The summed E-state index contributed by atoms with van der Waals surface area (Å²) >= 11 is 0. The van der Waals surface area contributed by atoms with Crippen LogP contribution in [0.1, 0.15) is 32.3 Å². The van der Waals surface area contributed by atoms with Crippen LogP contribution in [-0.2, 0) is 13.1 Å². The summed E-state index contributed by atoms with van der Waals surface area (Å²) in [6.07, 6.45) is 6.13. The largest absolute Gasteiger partial charge is 0.494 e. The fourth-order valence-electron chi connectivity index (χ4n) is 1.97. The smallest absolute Gasteiger partial charge is 0.121 e. The maximum atomic E-state index is 5.63. The van der Waals surface area contributed by atoms with Gasteiger partial charge in [0.15, 0.2) is 0 Å². The normalized spacial score (nSPS) is 10.5. The Kier molecular flexibility index (Phi) is 5.47. The Labute approximate surface area is 120 Å². The van der Waals surface area contributed by atoms with Gasteiger partial charge in [0.1, 0.15) is 5.75 Å². The van der Waals surface area contributed by atoms with E-state index in [9.17, 15) is 0 Å². The number of rotatable bonds is 8. The molecular weight excluding hydrogens is 250 g/mol. The second-order valence-corrected chi connectivity index (χ2v) is 4.84. The highest BCUT2D eigenvalue weighted by Gasteiger charge is 2.00. The van der Waals surface area contributed by atoms with E-state index in [-0.39, 0.29) is 0 Å². The van der Waals surface area contributed by atoms with Gasteiger partial charge in [-0.05, 0) is 25.0 Å². The Bertz CT molecular complexity index is 522. The Morgan fingerprint density at radius 1 is 1.25 bits per heavy atom. The predicted octanol–water partition coefficient (Wildman–Crippen LogP) is 3.69. The first kappa shape index (κ1) is 14.4. The van der Waals surface area contributed by atoms with Crippen LogP contribution >= 0.6 is 0 Å². The number of nitrogens with one attached hydrogen (secondary N) is 1. The molecular formula is C16H23N3O. The molecule has 0 spiro atoms. The van der Waals surface area contributed by atoms with E-state index in [4.69, 9.17) is 4.74 Å². The summed E-state index contributed by atoms with van der Waals surface area (Å²) in [5.74, 6) is 0.915. The molecule has 108 valence electrons. The van der Waals surface area contributed by atoms with Crippen LogP contribution in [0.5, 0.6) is 5.75 Å². The third-order valence-corrected chi connectivity index (χ3v) is 2.94. The van der Waals surface area contributed by atoms with Crippen LogP contribution in [0.2, 0.25) is 0 Å². The Morgan fingerprint density at radius 2 is 2.15 bits per heavy atom. The van der Waals surface area contributed by atoms with Gasteiger partial charge in [0, 0.05) is 36.6 Å². The first-order valence-electron chi connectivity index (χ1n) is 7.30. The average Bonchev–Trinajstić information content (AvgIpc) is 2.92. The highest BCUT2D eigenvalue weighted by Crippen LogP contribution is 2.18. The molecule has 0 fully saturated rings. The van der Waals surface area contributed by atoms with Crippen molar-refractivity contribution in [3.8, 4) is 5.75 Å². The minimum atomic E-state index is 0.757. The number of anilines is 1.